The van der Waals surface area contributed by atoms with Crippen LogP contribution in [0.4, 0.5) is 17.1 Å². The second-order valence-corrected chi connectivity index (χ2v) is 8.08. The van der Waals surface area contributed by atoms with Gasteiger partial charge in [-0.3, -0.25) is 9.59 Å². The molecule has 3 aromatic rings. The molecule has 0 saturated carbocycles. The fraction of sp³-hybridized carbons (Fsp3) is 0.217. The molecular formula is C23H23N3O2S. The summed E-state index contributed by atoms with van der Waals surface area (Å²) in [6.45, 7) is 2.43. The lowest BCUT2D eigenvalue weighted by Crippen LogP contribution is -2.29. The van der Waals surface area contributed by atoms with Gasteiger partial charge in [-0.25, -0.2) is 0 Å². The summed E-state index contributed by atoms with van der Waals surface area (Å²) in [5.74, 6) is -0.275. The molecule has 1 aliphatic rings. The van der Waals surface area contributed by atoms with Gasteiger partial charge in [-0.2, -0.15) is 0 Å². The topological polar surface area (TPSA) is 61.4 Å². The van der Waals surface area contributed by atoms with Crippen molar-refractivity contribution in [3.05, 3.63) is 76.5 Å². The minimum atomic E-state index is -0.312. The molecule has 29 heavy (non-hydrogen) atoms. The Morgan fingerprint density at radius 2 is 1.86 bits per heavy atom. The maximum atomic E-state index is 12.5. The second-order valence-electron chi connectivity index (χ2n) is 7.10. The van der Waals surface area contributed by atoms with E-state index in [1.165, 1.54) is 29.5 Å². The maximum Gasteiger partial charge on any atom is 0.226 e. The van der Waals surface area contributed by atoms with Crippen molar-refractivity contribution in [3.63, 3.8) is 0 Å². The van der Waals surface area contributed by atoms with E-state index in [-0.39, 0.29) is 24.3 Å². The SMILES string of the molecule is CC(=O)NC(CC(=O)Nc1ccc(N2CCc3ccccc32)cc1)c1cccs1. The molecule has 5 nitrogen and oxygen atoms in total. The van der Waals surface area contributed by atoms with Crippen LogP contribution in [-0.4, -0.2) is 18.4 Å². The molecule has 0 saturated heterocycles. The first kappa shape index (κ1) is 19.2. The Kier molecular flexibility index (Phi) is 5.62. The van der Waals surface area contributed by atoms with Crippen LogP contribution in [0.3, 0.4) is 0 Å². The molecule has 2 aromatic carbocycles. The number of nitrogens with zero attached hydrogens (tertiary/aromatic N) is 1. The Morgan fingerprint density at radius 3 is 2.59 bits per heavy atom. The summed E-state index contributed by atoms with van der Waals surface area (Å²) >= 11 is 1.53. The van der Waals surface area contributed by atoms with Gasteiger partial charge in [0.15, 0.2) is 0 Å². The highest BCUT2D eigenvalue weighted by atomic mass is 32.1. The lowest BCUT2D eigenvalue weighted by molar-refractivity contribution is -0.120. The van der Waals surface area contributed by atoms with Crippen molar-refractivity contribution in [1.29, 1.82) is 0 Å². The molecular weight excluding hydrogens is 382 g/mol. The molecule has 0 aliphatic carbocycles. The van der Waals surface area contributed by atoms with Crippen LogP contribution in [-0.2, 0) is 16.0 Å². The van der Waals surface area contributed by atoms with E-state index in [1.807, 2.05) is 41.8 Å². The number of rotatable bonds is 6. The van der Waals surface area contributed by atoms with Crippen LogP contribution in [0.5, 0.6) is 0 Å². The molecule has 1 atom stereocenters. The number of anilines is 3. The van der Waals surface area contributed by atoms with Gasteiger partial charge in [-0.05, 0) is 53.8 Å². The zero-order valence-electron chi connectivity index (χ0n) is 16.2. The van der Waals surface area contributed by atoms with E-state index < -0.39 is 0 Å². The largest absolute Gasteiger partial charge is 0.348 e. The number of amides is 2. The molecule has 2 N–H and O–H groups in total. The smallest absolute Gasteiger partial charge is 0.226 e. The van der Waals surface area contributed by atoms with E-state index in [4.69, 9.17) is 0 Å². The number of fused-ring (bicyclic) bond motifs is 1. The fourth-order valence-corrected chi connectivity index (χ4v) is 4.46. The van der Waals surface area contributed by atoms with E-state index in [0.717, 1.165) is 29.2 Å². The zero-order valence-corrected chi connectivity index (χ0v) is 17.0. The molecule has 1 aliphatic heterocycles. The average molecular weight is 406 g/mol. The van der Waals surface area contributed by atoms with Gasteiger partial charge in [0.2, 0.25) is 11.8 Å². The van der Waals surface area contributed by atoms with Crippen LogP contribution in [0.2, 0.25) is 0 Å². The van der Waals surface area contributed by atoms with Gasteiger partial charge in [0.25, 0.3) is 0 Å². The monoisotopic (exact) mass is 405 g/mol. The normalized spacial score (nSPS) is 13.6. The number of para-hydroxylation sites is 1. The van der Waals surface area contributed by atoms with Crippen LogP contribution in [0, 0.1) is 0 Å². The van der Waals surface area contributed by atoms with Crippen molar-refractivity contribution in [3.8, 4) is 0 Å². The van der Waals surface area contributed by atoms with Gasteiger partial charge in [-0.1, -0.05) is 24.3 Å². The van der Waals surface area contributed by atoms with Crippen molar-refractivity contribution >= 4 is 40.2 Å². The van der Waals surface area contributed by atoms with Crippen molar-refractivity contribution in [1.82, 2.24) is 5.32 Å². The number of hydrogen-bond donors (Lipinski definition) is 2. The molecule has 0 spiro atoms. The predicted octanol–water partition coefficient (Wildman–Crippen LogP) is 4.65. The third-order valence-electron chi connectivity index (χ3n) is 5.00. The lowest BCUT2D eigenvalue weighted by Gasteiger charge is -2.20. The Morgan fingerprint density at radius 1 is 1.07 bits per heavy atom. The molecule has 0 fully saturated rings. The highest BCUT2D eigenvalue weighted by Gasteiger charge is 2.20. The van der Waals surface area contributed by atoms with Gasteiger partial charge in [0, 0.05) is 35.4 Å². The minimum absolute atomic E-state index is 0.128. The summed E-state index contributed by atoms with van der Waals surface area (Å²) in [6, 6.07) is 19.9. The van der Waals surface area contributed by atoms with Gasteiger partial charge in [0.1, 0.15) is 0 Å². The second kappa shape index (κ2) is 8.49. The van der Waals surface area contributed by atoms with Gasteiger partial charge in [0.05, 0.1) is 12.5 Å². The van der Waals surface area contributed by atoms with Crippen LogP contribution < -0.4 is 15.5 Å². The highest BCUT2D eigenvalue weighted by molar-refractivity contribution is 7.10. The number of thiophene rings is 1. The van der Waals surface area contributed by atoms with Crippen molar-refractivity contribution < 1.29 is 9.59 Å². The molecule has 0 bridgehead atoms. The number of hydrogen-bond acceptors (Lipinski definition) is 4. The zero-order chi connectivity index (χ0) is 20.2. The molecule has 2 heterocycles. The standard InChI is InChI=1S/C23H23N3O2S/c1-16(27)24-20(22-7-4-14-29-22)15-23(28)25-18-8-10-19(11-9-18)26-13-12-17-5-2-3-6-21(17)26/h2-11,14,20H,12-13,15H2,1H3,(H,24,27)(H,25,28). The summed E-state index contributed by atoms with van der Waals surface area (Å²) in [6.07, 6.45) is 1.24. The van der Waals surface area contributed by atoms with Crippen molar-refractivity contribution in [2.75, 3.05) is 16.8 Å². The molecule has 0 radical (unpaired) electrons. The number of nitrogens with one attached hydrogen (secondary N) is 2. The van der Waals surface area contributed by atoms with Gasteiger partial charge < -0.3 is 15.5 Å². The third-order valence-corrected chi connectivity index (χ3v) is 5.99. The van der Waals surface area contributed by atoms with E-state index in [9.17, 15) is 9.59 Å². The summed E-state index contributed by atoms with van der Waals surface area (Å²) in [5, 5.41) is 7.74. The minimum Gasteiger partial charge on any atom is -0.348 e. The summed E-state index contributed by atoms with van der Waals surface area (Å²) in [7, 11) is 0. The van der Waals surface area contributed by atoms with E-state index in [0.29, 0.717) is 0 Å². The first-order chi connectivity index (χ1) is 14.1. The lowest BCUT2D eigenvalue weighted by atomic mass is 10.1. The maximum absolute atomic E-state index is 12.5. The first-order valence-electron chi connectivity index (χ1n) is 9.66. The average Bonchev–Trinajstić information content (AvgIpc) is 3.38. The van der Waals surface area contributed by atoms with Crippen LogP contribution >= 0.6 is 11.3 Å². The Balaban J connectivity index is 1.41. The quantitative estimate of drug-likeness (QED) is 0.628. The number of carbonyl (C=O) groups is 2. The number of benzene rings is 2. The van der Waals surface area contributed by atoms with Gasteiger partial charge >= 0.3 is 0 Å². The van der Waals surface area contributed by atoms with Crippen LogP contribution in [0.25, 0.3) is 0 Å². The Hall–Kier alpha value is -3.12. The molecule has 2 amide bonds. The van der Waals surface area contributed by atoms with Crippen LogP contribution in [0.1, 0.15) is 29.8 Å². The van der Waals surface area contributed by atoms with E-state index in [1.54, 1.807) is 0 Å². The Bertz CT molecular complexity index is 999. The van der Waals surface area contributed by atoms with Crippen molar-refractivity contribution in [2.24, 2.45) is 0 Å². The molecule has 1 aromatic heterocycles. The summed E-state index contributed by atoms with van der Waals surface area (Å²) < 4.78 is 0. The molecule has 148 valence electrons. The number of carbonyl (C=O) groups excluding carboxylic acids is 2. The van der Waals surface area contributed by atoms with E-state index in [2.05, 4.69) is 39.8 Å². The first-order valence-corrected chi connectivity index (χ1v) is 10.5. The van der Waals surface area contributed by atoms with E-state index >= 15 is 0 Å². The van der Waals surface area contributed by atoms with Crippen LogP contribution in [0.15, 0.2) is 66.0 Å². The Labute approximate surface area is 174 Å². The molecule has 1 unspecified atom stereocenters. The van der Waals surface area contributed by atoms with Crippen molar-refractivity contribution in [2.45, 2.75) is 25.8 Å². The fourth-order valence-electron chi connectivity index (χ4n) is 3.69. The predicted molar refractivity (Wildman–Crippen MR) is 118 cm³/mol. The molecule has 6 heteroatoms. The highest BCUT2D eigenvalue weighted by Crippen LogP contribution is 2.34. The summed E-state index contributed by atoms with van der Waals surface area (Å²) in [4.78, 5) is 27.3. The molecule has 4 rings (SSSR count). The van der Waals surface area contributed by atoms with Gasteiger partial charge in [-0.15, -0.1) is 11.3 Å². The third kappa shape index (κ3) is 4.49. The summed E-state index contributed by atoms with van der Waals surface area (Å²) in [5.41, 5.74) is 4.47.